The minimum absolute atomic E-state index is 0.00835. The van der Waals surface area contributed by atoms with E-state index in [2.05, 4.69) is 5.32 Å². The summed E-state index contributed by atoms with van der Waals surface area (Å²) in [5.41, 5.74) is 2.23. The first-order valence-corrected chi connectivity index (χ1v) is 11.6. The molecule has 2 aromatic rings. The molecule has 31 heavy (non-hydrogen) atoms. The van der Waals surface area contributed by atoms with Crippen molar-refractivity contribution in [2.75, 3.05) is 25.1 Å². The van der Waals surface area contributed by atoms with Crippen molar-refractivity contribution in [2.45, 2.75) is 45.6 Å². The van der Waals surface area contributed by atoms with Crippen LogP contribution >= 0.6 is 0 Å². The molecule has 1 amide bonds. The van der Waals surface area contributed by atoms with Crippen molar-refractivity contribution in [1.82, 2.24) is 5.32 Å². The molecule has 7 nitrogen and oxygen atoms in total. The quantitative estimate of drug-likeness (QED) is 0.633. The molecule has 0 heterocycles. The lowest BCUT2D eigenvalue weighted by atomic mass is 10.1. The third-order valence-electron chi connectivity index (χ3n) is 5.11. The van der Waals surface area contributed by atoms with Gasteiger partial charge in [-0.2, -0.15) is 0 Å². The first-order chi connectivity index (χ1) is 14.5. The average Bonchev–Trinajstić information content (AvgIpc) is 2.70. The molecule has 0 bridgehead atoms. The minimum atomic E-state index is -4.06. The van der Waals surface area contributed by atoms with Crippen LogP contribution in [0.25, 0.3) is 0 Å². The van der Waals surface area contributed by atoms with E-state index in [-0.39, 0.29) is 29.3 Å². The van der Waals surface area contributed by atoms with E-state index in [0.717, 1.165) is 15.4 Å². The number of carbonyl (C=O) groups excluding carboxylic acids is 1. The largest absolute Gasteiger partial charge is 0.493 e. The number of sulfonamides is 1. The highest BCUT2D eigenvalue weighted by atomic mass is 32.2. The number of aryl methyl sites for hydroxylation is 2. The summed E-state index contributed by atoms with van der Waals surface area (Å²) in [5.74, 6) is 0.565. The number of benzene rings is 2. The number of nitrogens with zero attached hydrogens (tertiary/aromatic N) is 1. The second-order valence-corrected chi connectivity index (χ2v) is 9.84. The lowest BCUT2D eigenvalue weighted by Gasteiger charge is -2.26. The first kappa shape index (κ1) is 24.5. The number of ether oxygens (including phenoxy) is 2. The number of anilines is 1. The molecule has 0 radical (unpaired) electrons. The van der Waals surface area contributed by atoms with Crippen molar-refractivity contribution >= 4 is 21.6 Å². The van der Waals surface area contributed by atoms with E-state index in [0.29, 0.717) is 17.2 Å². The van der Waals surface area contributed by atoms with Gasteiger partial charge in [0.25, 0.3) is 10.0 Å². The zero-order chi connectivity index (χ0) is 23.3. The standard InChI is InChI=1S/C23H32N2O5S/c1-15(2)18(5)24-23(26)14-25(19-11-16(3)10-17(4)12-19)31(27,28)20-8-9-21(29-6)22(13-20)30-7/h8-13,15,18H,14H2,1-7H3,(H,24,26)/t18-/m1/s1. The summed E-state index contributed by atoms with van der Waals surface area (Å²) in [5, 5.41) is 2.88. The van der Waals surface area contributed by atoms with Gasteiger partial charge in [-0.05, 0) is 62.1 Å². The maximum absolute atomic E-state index is 13.6. The Hall–Kier alpha value is -2.74. The fourth-order valence-corrected chi connectivity index (χ4v) is 4.53. The van der Waals surface area contributed by atoms with Gasteiger partial charge in [0.1, 0.15) is 6.54 Å². The molecule has 1 N–H and O–H groups in total. The van der Waals surface area contributed by atoms with Crippen LogP contribution < -0.4 is 19.1 Å². The lowest BCUT2D eigenvalue weighted by molar-refractivity contribution is -0.120. The number of rotatable bonds is 9. The van der Waals surface area contributed by atoms with Crippen molar-refractivity contribution in [1.29, 1.82) is 0 Å². The molecule has 0 aromatic heterocycles. The molecular formula is C23H32N2O5S. The normalized spacial score (nSPS) is 12.4. The molecule has 2 aromatic carbocycles. The van der Waals surface area contributed by atoms with Gasteiger partial charge in [0.05, 0.1) is 24.8 Å². The van der Waals surface area contributed by atoms with E-state index in [1.165, 1.54) is 32.4 Å². The molecule has 0 aliphatic rings. The molecule has 0 fully saturated rings. The number of carbonyl (C=O) groups is 1. The van der Waals surface area contributed by atoms with Crippen LogP contribution in [0.5, 0.6) is 11.5 Å². The fraction of sp³-hybridized carbons (Fsp3) is 0.435. The zero-order valence-electron chi connectivity index (χ0n) is 19.2. The zero-order valence-corrected chi connectivity index (χ0v) is 20.0. The first-order valence-electron chi connectivity index (χ1n) is 10.1. The van der Waals surface area contributed by atoms with Crippen LogP contribution in [-0.2, 0) is 14.8 Å². The Kier molecular flexibility index (Phi) is 7.95. The molecule has 0 saturated carbocycles. The van der Waals surface area contributed by atoms with Crippen LogP contribution in [0.15, 0.2) is 41.3 Å². The Balaban J connectivity index is 2.54. The van der Waals surface area contributed by atoms with E-state index in [9.17, 15) is 13.2 Å². The maximum Gasteiger partial charge on any atom is 0.264 e. The number of hydrogen-bond acceptors (Lipinski definition) is 5. The summed E-state index contributed by atoms with van der Waals surface area (Å²) in [7, 11) is -1.14. The Morgan fingerprint density at radius 1 is 0.968 bits per heavy atom. The second kappa shape index (κ2) is 10.0. The summed E-state index contributed by atoms with van der Waals surface area (Å²) < 4.78 is 38.9. The molecule has 0 unspecified atom stereocenters. The van der Waals surface area contributed by atoms with Crippen LogP contribution in [0.1, 0.15) is 31.9 Å². The van der Waals surface area contributed by atoms with E-state index >= 15 is 0 Å². The predicted octanol–water partition coefficient (Wildman–Crippen LogP) is 3.68. The van der Waals surface area contributed by atoms with Gasteiger partial charge in [0, 0.05) is 12.1 Å². The monoisotopic (exact) mass is 448 g/mol. The summed E-state index contributed by atoms with van der Waals surface area (Å²) >= 11 is 0. The van der Waals surface area contributed by atoms with E-state index in [1.54, 1.807) is 12.1 Å². The van der Waals surface area contributed by atoms with Crippen LogP contribution in [0.2, 0.25) is 0 Å². The summed E-state index contributed by atoms with van der Waals surface area (Å²) in [6, 6.07) is 9.75. The second-order valence-electron chi connectivity index (χ2n) is 7.97. The van der Waals surface area contributed by atoms with Gasteiger partial charge in [-0.3, -0.25) is 9.10 Å². The third kappa shape index (κ3) is 5.91. The van der Waals surface area contributed by atoms with Gasteiger partial charge in [-0.15, -0.1) is 0 Å². The van der Waals surface area contributed by atoms with Crippen LogP contribution in [0, 0.1) is 19.8 Å². The van der Waals surface area contributed by atoms with Gasteiger partial charge in [0.2, 0.25) is 5.91 Å². The Morgan fingerprint density at radius 2 is 1.55 bits per heavy atom. The maximum atomic E-state index is 13.6. The van der Waals surface area contributed by atoms with E-state index in [1.807, 2.05) is 40.7 Å². The highest BCUT2D eigenvalue weighted by Gasteiger charge is 2.29. The van der Waals surface area contributed by atoms with Crippen molar-refractivity contribution in [3.05, 3.63) is 47.5 Å². The van der Waals surface area contributed by atoms with Gasteiger partial charge in [-0.1, -0.05) is 19.9 Å². The van der Waals surface area contributed by atoms with E-state index < -0.39 is 10.0 Å². The van der Waals surface area contributed by atoms with Crippen molar-refractivity contribution in [3.63, 3.8) is 0 Å². The Bertz CT molecular complexity index is 1010. The predicted molar refractivity (Wildman–Crippen MR) is 122 cm³/mol. The third-order valence-corrected chi connectivity index (χ3v) is 6.88. The van der Waals surface area contributed by atoms with Gasteiger partial charge < -0.3 is 14.8 Å². The summed E-state index contributed by atoms with van der Waals surface area (Å²) in [4.78, 5) is 12.8. The number of hydrogen-bond donors (Lipinski definition) is 1. The molecule has 0 aliphatic carbocycles. The number of nitrogens with one attached hydrogen (secondary N) is 1. The van der Waals surface area contributed by atoms with Gasteiger partial charge in [0.15, 0.2) is 11.5 Å². The highest BCUT2D eigenvalue weighted by molar-refractivity contribution is 7.92. The highest BCUT2D eigenvalue weighted by Crippen LogP contribution is 2.32. The Morgan fingerprint density at radius 3 is 2.06 bits per heavy atom. The SMILES string of the molecule is COc1ccc(S(=O)(=O)N(CC(=O)N[C@H](C)C(C)C)c2cc(C)cc(C)c2)cc1OC. The van der Waals surface area contributed by atoms with Crippen molar-refractivity contribution < 1.29 is 22.7 Å². The van der Waals surface area contributed by atoms with Gasteiger partial charge >= 0.3 is 0 Å². The molecule has 2 rings (SSSR count). The molecule has 170 valence electrons. The summed E-state index contributed by atoms with van der Waals surface area (Å²) in [6.07, 6.45) is 0. The number of methoxy groups -OCH3 is 2. The summed E-state index contributed by atoms with van der Waals surface area (Å²) in [6.45, 7) is 9.32. The van der Waals surface area contributed by atoms with Crippen LogP contribution in [0.4, 0.5) is 5.69 Å². The van der Waals surface area contributed by atoms with Crippen LogP contribution in [-0.4, -0.2) is 41.1 Å². The Labute approximate surface area is 185 Å². The smallest absolute Gasteiger partial charge is 0.264 e. The number of amides is 1. The van der Waals surface area contributed by atoms with Crippen molar-refractivity contribution in [2.24, 2.45) is 5.92 Å². The molecule has 0 spiro atoms. The van der Waals surface area contributed by atoms with Gasteiger partial charge in [-0.25, -0.2) is 8.42 Å². The minimum Gasteiger partial charge on any atom is -0.493 e. The topological polar surface area (TPSA) is 84.9 Å². The average molecular weight is 449 g/mol. The van der Waals surface area contributed by atoms with Crippen LogP contribution in [0.3, 0.4) is 0 Å². The fourth-order valence-electron chi connectivity index (χ4n) is 3.11. The lowest BCUT2D eigenvalue weighted by Crippen LogP contribution is -2.45. The molecule has 0 aliphatic heterocycles. The van der Waals surface area contributed by atoms with E-state index in [4.69, 9.17) is 9.47 Å². The van der Waals surface area contributed by atoms with Crippen molar-refractivity contribution in [3.8, 4) is 11.5 Å². The molecule has 8 heteroatoms. The molecule has 1 atom stereocenters. The molecular weight excluding hydrogens is 416 g/mol. The molecule has 0 saturated heterocycles.